The van der Waals surface area contributed by atoms with Crippen molar-refractivity contribution in [2.45, 2.75) is 0 Å². The van der Waals surface area contributed by atoms with Gasteiger partial charge in [-0.05, 0) is 11.8 Å². The summed E-state index contributed by atoms with van der Waals surface area (Å²) in [5.74, 6) is 0. The fourth-order valence-corrected chi connectivity index (χ4v) is 5.10. The topological polar surface area (TPSA) is 36.5 Å². The molecule has 1 fully saturated rings. The van der Waals surface area contributed by atoms with E-state index in [0.29, 0.717) is 17.8 Å². The minimum absolute atomic E-state index is 0.420. The molecule has 2 N–H and O–H groups in total. The summed E-state index contributed by atoms with van der Waals surface area (Å²) in [7, 11) is 0.100. The minimum atomic E-state index is -0.840. The van der Waals surface area contributed by atoms with Gasteiger partial charge in [-0.2, -0.15) is 0 Å². The molecular formula is C2H7ClN3OP3. The van der Waals surface area contributed by atoms with E-state index in [1.54, 1.807) is 3.96 Å². The number of nitrogens with one attached hydrogen (secondary N) is 2. The number of hydrogen-bond donors (Lipinski definition) is 2. The molecule has 1 heterocycles. The first-order valence-corrected chi connectivity index (χ1v) is 5.89. The lowest BCUT2D eigenvalue weighted by Gasteiger charge is -2.27. The lowest BCUT2D eigenvalue weighted by atomic mass is 11.2. The van der Waals surface area contributed by atoms with Crippen molar-refractivity contribution in [2.75, 3.05) is 0 Å². The summed E-state index contributed by atoms with van der Waals surface area (Å²) in [6.07, 6.45) is 1.40. The predicted octanol–water partition coefficient (Wildman–Crippen LogP) is 2.04. The Balaban J connectivity index is 2.32. The van der Waals surface area contributed by atoms with Gasteiger partial charge in [0, 0.05) is 8.88 Å². The predicted molar refractivity (Wildman–Crippen MR) is 48.8 cm³/mol. The van der Waals surface area contributed by atoms with E-state index >= 15 is 0 Å². The zero-order chi connectivity index (χ0) is 7.40. The Kier molecular flexibility index (Phi) is 4.36. The molecule has 0 aromatic carbocycles. The molecule has 0 bridgehead atoms. The Bertz CT molecular complexity index is 126. The van der Waals surface area contributed by atoms with Crippen molar-refractivity contribution in [1.29, 1.82) is 0 Å². The van der Waals surface area contributed by atoms with Crippen LogP contribution in [0.4, 0.5) is 0 Å². The fraction of sp³-hybridized carbons (Fsp3) is 0. The van der Waals surface area contributed by atoms with Gasteiger partial charge >= 0.3 is 0 Å². The summed E-state index contributed by atoms with van der Waals surface area (Å²) in [4.78, 5) is 6.12. The third-order valence-corrected chi connectivity index (χ3v) is 5.22. The summed E-state index contributed by atoms with van der Waals surface area (Å²) in [6, 6.07) is 0. The van der Waals surface area contributed by atoms with Crippen molar-refractivity contribution in [3.05, 3.63) is 12.8 Å². The van der Waals surface area contributed by atoms with Crippen LogP contribution in [-0.4, -0.2) is 3.96 Å². The molecule has 1 saturated heterocycles. The molecule has 58 valence electrons. The molecular weight excluding hydrogens is 210 g/mol. The van der Waals surface area contributed by atoms with Gasteiger partial charge in [0.05, 0.1) is 15.1 Å². The van der Waals surface area contributed by atoms with Gasteiger partial charge in [0.25, 0.3) is 8.45 Å². The zero-order valence-corrected chi connectivity index (χ0v) is 8.62. The van der Waals surface area contributed by atoms with Crippen molar-refractivity contribution in [3.63, 3.8) is 0 Å². The first-order valence-electron chi connectivity index (χ1n) is 2.39. The highest BCUT2D eigenvalue weighted by atomic mass is 35.5. The monoisotopic (exact) mass is 217 g/mol. The first-order chi connectivity index (χ1) is 4.84. The van der Waals surface area contributed by atoms with Crippen LogP contribution in [0.5, 0.6) is 0 Å². The van der Waals surface area contributed by atoms with E-state index in [0.717, 1.165) is 0 Å². The highest BCUT2D eigenvalue weighted by Gasteiger charge is 2.21. The van der Waals surface area contributed by atoms with E-state index in [2.05, 4.69) is 16.3 Å². The van der Waals surface area contributed by atoms with Gasteiger partial charge < -0.3 is 4.52 Å². The maximum absolute atomic E-state index is 5.74. The highest BCUT2D eigenvalue weighted by molar-refractivity contribution is 7.72. The number of rotatable bonds is 2. The molecule has 1 aliphatic rings. The fourth-order valence-electron chi connectivity index (χ4n) is 0.378. The van der Waals surface area contributed by atoms with E-state index < -0.39 is 8.45 Å². The Labute approximate surface area is 69.5 Å². The molecule has 8 heteroatoms. The first kappa shape index (κ1) is 9.09. The average Bonchev–Trinajstić information content (AvgIpc) is 1.94. The van der Waals surface area contributed by atoms with Crippen LogP contribution in [-0.2, 0) is 4.52 Å². The van der Waals surface area contributed by atoms with Crippen molar-refractivity contribution in [1.82, 2.24) is 13.7 Å². The Morgan fingerprint density at radius 1 is 1.80 bits per heavy atom. The normalized spacial score (nSPS) is 32.7. The molecule has 1 aliphatic heterocycles. The number of halogens is 1. The SMILES string of the molecule is C=COP1NPNPN1Cl. The summed E-state index contributed by atoms with van der Waals surface area (Å²) in [6.45, 7) is 3.44. The average molecular weight is 217 g/mol. The Morgan fingerprint density at radius 3 is 3.20 bits per heavy atom. The van der Waals surface area contributed by atoms with Crippen molar-refractivity contribution < 1.29 is 4.52 Å². The molecule has 3 unspecified atom stereocenters. The molecule has 4 nitrogen and oxygen atoms in total. The molecule has 1 rings (SSSR count). The number of hydrogen-bond acceptors (Lipinski definition) is 4. The van der Waals surface area contributed by atoms with Crippen LogP contribution in [0.2, 0.25) is 0 Å². The lowest BCUT2D eigenvalue weighted by molar-refractivity contribution is 0.518. The Morgan fingerprint density at radius 2 is 2.60 bits per heavy atom. The van der Waals surface area contributed by atoms with E-state index in [1.807, 2.05) is 0 Å². The van der Waals surface area contributed by atoms with Crippen LogP contribution in [0.3, 0.4) is 0 Å². The molecule has 0 amide bonds. The van der Waals surface area contributed by atoms with Gasteiger partial charge in [0.2, 0.25) is 0 Å². The van der Waals surface area contributed by atoms with E-state index in [4.69, 9.17) is 16.3 Å². The number of nitrogens with zero attached hydrogens (tertiary/aromatic N) is 1. The van der Waals surface area contributed by atoms with Gasteiger partial charge in [-0.15, -0.1) is 3.96 Å². The summed E-state index contributed by atoms with van der Waals surface area (Å²) in [5, 5.41) is 0. The molecule has 0 spiro atoms. The molecule has 0 radical (unpaired) electrons. The van der Waals surface area contributed by atoms with E-state index in [1.165, 1.54) is 6.26 Å². The summed E-state index contributed by atoms with van der Waals surface area (Å²) >= 11 is 5.74. The minimum Gasteiger partial charge on any atom is -0.452 e. The van der Waals surface area contributed by atoms with Crippen LogP contribution >= 0.6 is 38.0 Å². The van der Waals surface area contributed by atoms with Crippen LogP contribution in [0, 0.1) is 0 Å². The maximum Gasteiger partial charge on any atom is 0.269 e. The zero-order valence-electron chi connectivity index (χ0n) is 4.97. The third kappa shape index (κ3) is 2.56. The van der Waals surface area contributed by atoms with Crippen LogP contribution < -0.4 is 9.72 Å². The quantitative estimate of drug-likeness (QED) is 0.422. The van der Waals surface area contributed by atoms with Crippen LogP contribution in [0.15, 0.2) is 12.8 Å². The van der Waals surface area contributed by atoms with Gasteiger partial charge in [-0.1, -0.05) is 6.58 Å². The van der Waals surface area contributed by atoms with Crippen LogP contribution in [0.1, 0.15) is 0 Å². The smallest absolute Gasteiger partial charge is 0.269 e. The molecule has 0 saturated carbocycles. The molecule has 0 aromatic rings. The second-order valence-corrected chi connectivity index (χ2v) is 6.48. The van der Waals surface area contributed by atoms with Crippen molar-refractivity contribution >= 4 is 38.0 Å². The summed E-state index contributed by atoms with van der Waals surface area (Å²) in [5.41, 5.74) is 0. The molecule has 10 heavy (non-hydrogen) atoms. The van der Waals surface area contributed by atoms with Gasteiger partial charge in [-0.25, -0.2) is 4.86 Å². The maximum atomic E-state index is 5.74. The lowest BCUT2D eigenvalue weighted by Crippen LogP contribution is -2.15. The molecule has 0 aliphatic carbocycles. The second-order valence-electron chi connectivity index (χ2n) is 1.28. The van der Waals surface area contributed by atoms with E-state index in [-0.39, 0.29) is 0 Å². The highest BCUT2D eigenvalue weighted by Crippen LogP contribution is 2.52. The largest absolute Gasteiger partial charge is 0.452 e. The van der Waals surface area contributed by atoms with Crippen LogP contribution in [0.25, 0.3) is 0 Å². The standard InChI is InChI=1S/C2H7ClN3OP3/c1-2-7-10-5-8-4-9-6(10)3/h2,4-5,8-9H,1H2. The third-order valence-electron chi connectivity index (χ3n) is 0.696. The molecule has 0 aromatic heterocycles. The van der Waals surface area contributed by atoms with E-state index in [9.17, 15) is 0 Å². The van der Waals surface area contributed by atoms with Crippen molar-refractivity contribution in [3.8, 4) is 0 Å². The van der Waals surface area contributed by atoms with Gasteiger partial charge in [-0.3, -0.25) is 4.86 Å². The molecule has 3 atom stereocenters. The Hall–Kier alpha value is 1.00. The van der Waals surface area contributed by atoms with Gasteiger partial charge in [0.1, 0.15) is 0 Å². The van der Waals surface area contributed by atoms with Crippen molar-refractivity contribution in [2.24, 2.45) is 0 Å². The second kappa shape index (κ2) is 4.79. The van der Waals surface area contributed by atoms with Gasteiger partial charge in [0.15, 0.2) is 0 Å². The summed E-state index contributed by atoms with van der Waals surface area (Å²) < 4.78 is 6.66.